The fourth-order valence-electron chi connectivity index (χ4n) is 1.26. The molecule has 1 atom stereocenters. The van der Waals surface area contributed by atoms with E-state index >= 15 is 0 Å². The molecule has 0 fully saturated rings. The number of carbonyl (C=O) groups excluding carboxylic acids is 1. The molecule has 1 aromatic rings. The Morgan fingerprint density at radius 3 is 2.75 bits per heavy atom. The van der Waals surface area contributed by atoms with E-state index < -0.39 is 6.04 Å². The maximum Gasteiger partial charge on any atom is 0.328 e. The first-order valence-electron chi connectivity index (χ1n) is 5.01. The van der Waals surface area contributed by atoms with Crippen molar-refractivity contribution in [2.75, 3.05) is 12.4 Å². The minimum absolute atomic E-state index is 0.126. The molecule has 0 bridgehead atoms. The monoisotopic (exact) mass is 286 g/mol. The Bertz CT molecular complexity index is 369. The van der Waals surface area contributed by atoms with Crippen molar-refractivity contribution in [1.82, 2.24) is 4.98 Å². The van der Waals surface area contributed by atoms with Gasteiger partial charge in [-0.1, -0.05) is 13.8 Å². The number of aromatic nitrogens is 1. The van der Waals surface area contributed by atoms with Crippen LogP contribution in [0.15, 0.2) is 22.8 Å². The van der Waals surface area contributed by atoms with Crippen LogP contribution in [0.2, 0.25) is 0 Å². The molecular weight excluding hydrogens is 272 g/mol. The SMILES string of the molecule is COC(=O)C(Nc1ncccc1Br)C(C)C. The van der Waals surface area contributed by atoms with Gasteiger partial charge in [-0.3, -0.25) is 0 Å². The van der Waals surface area contributed by atoms with Gasteiger partial charge in [0.15, 0.2) is 0 Å². The summed E-state index contributed by atoms with van der Waals surface area (Å²) in [7, 11) is 1.38. The van der Waals surface area contributed by atoms with E-state index in [9.17, 15) is 4.79 Å². The van der Waals surface area contributed by atoms with Crippen LogP contribution in [0.5, 0.6) is 0 Å². The lowest BCUT2D eigenvalue weighted by atomic mass is 10.0. The number of rotatable bonds is 4. The maximum atomic E-state index is 11.5. The van der Waals surface area contributed by atoms with Crippen molar-refractivity contribution in [2.24, 2.45) is 5.92 Å². The van der Waals surface area contributed by atoms with Crippen LogP contribution < -0.4 is 5.32 Å². The van der Waals surface area contributed by atoms with Crippen LogP contribution in [0.1, 0.15) is 13.8 Å². The molecule has 0 aliphatic rings. The molecule has 4 nitrogen and oxygen atoms in total. The molecule has 1 heterocycles. The molecule has 5 heteroatoms. The average Bonchev–Trinajstić information content (AvgIpc) is 2.26. The van der Waals surface area contributed by atoms with E-state index in [2.05, 4.69) is 26.2 Å². The van der Waals surface area contributed by atoms with Gasteiger partial charge >= 0.3 is 5.97 Å². The first kappa shape index (κ1) is 13.0. The molecule has 0 amide bonds. The Morgan fingerprint density at radius 2 is 2.25 bits per heavy atom. The van der Waals surface area contributed by atoms with Gasteiger partial charge in [-0.15, -0.1) is 0 Å². The zero-order valence-corrected chi connectivity index (χ0v) is 11.1. The van der Waals surface area contributed by atoms with Gasteiger partial charge in [-0.2, -0.15) is 0 Å². The summed E-state index contributed by atoms with van der Waals surface area (Å²) in [4.78, 5) is 15.7. The smallest absolute Gasteiger partial charge is 0.328 e. The third kappa shape index (κ3) is 3.20. The van der Waals surface area contributed by atoms with Crippen molar-refractivity contribution in [3.8, 4) is 0 Å². The fraction of sp³-hybridized carbons (Fsp3) is 0.455. The fourth-order valence-corrected chi connectivity index (χ4v) is 1.63. The minimum Gasteiger partial charge on any atom is -0.467 e. The van der Waals surface area contributed by atoms with Crippen LogP contribution in [0.25, 0.3) is 0 Å². The van der Waals surface area contributed by atoms with E-state index in [1.807, 2.05) is 26.0 Å². The first-order chi connectivity index (χ1) is 7.56. The Hall–Kier alpha value is -1.10. The van der Waals surface area contributed by atoms with Gasteiger partial charge in [-0.25, -0.2) is 9.78 Å². The van der Waals surface area contributed by atoms with Gasteiger partial charge in [0.1, 0.15) is 11.9 Å². The largest absolute Gasteiger partial charge is 0.467 e. The summed E-state index contributed by atoms with van der Waals surface area (Å²) < 4.78 is 5.56. The summed E-state index contributed by atoms with van der Waals surface area (Å²) in [6.45, 7) is 3.90. The van der Waals surface area contributed by atoms with Gasteiger partial charge in [0.2, 0.25) is 0 Å². The van der Waals surface area contributed by atoms with Crippen LogP contribution in [0, 0.1) is 5.92 Å². The molecule has 1 aromatic heterocycles. The highest BCUT2D eigenvalue weighted by atomic mass is 79.9. The Labute approximate surface area is 104 Å². The second kappa shape index (κ2) is 5.84. The molecular formula is C11H15BrN2O2. The average molecular weight is 287 g/mol. The van der Waals surface area contributed by atoms with Crippen molar-refractivity contribution >= 4 is 27.7 Å². The zero-order valence-electron chi connectivity index (χ0n) is 9.53. The Kier molecular flexibility index (Phi) is 4.73. The second-order valence-corrected chi connectivity index (χ2v) is 4.58. The number of ether oxygens (including phenoxy) is 1. The van der Waals surface area contributed by atoms with E-state index in [0.717, 1.165) is 4.47 Å². The molecule has 0 spiro atoms. The van der Waals surface area contributed by atoms with Crippen LogP contribution in [-0.4, -0.2) is 24.1 Å². The lowest BCUT2D eigenvalue weighted by molar-refractivity contribution is -0.142. The highest BCUT2D eigenvalue weighted by Crippen LogP contribution is 2.21. The molecule has 16 heavy (non-hydrogen) atoms. The van der Waals surface area contributed by atoms with Gasteiger partial charge < -0.3 is 10.1 Å². The summed E-state index contributed by atoms with van der Waals surface area (Å²) in [6, 6.07) is 3.29. The number of methoxy groups -OCH3 is 1. The molecule has 0 aliphatic heterocycles. The van der Waals surface area contributed by atoms with Crippen LogP contribution >= 0.6 is 15.9 Å². The molecule has 0 saturated heterocycles. The summed E-state index contributed by atoms with van der Waals surface area (Å²) in [5.74, 6) is 0.487. The lowest BCUT2D eigenvalue weighted by Gasteiger charge is -2.20. The third-order valence-corrected chi connectivity index (χ3v) is 2.81. The van der Waals surface area contributed by atoms with Crippen LogP contribution in [0.4, 0.5) is 5.82 Å². The molecule has 0 saturated carbocycles. The number of anilines is 1. The highest BCUT2D eigenvalue weighted by molar-refractivity contribution is 9.10. The van der Waals surface area contributed by atoms with E-state index in [4.69, 9.17) is 4.74 Å². The standard InChI is InChI=1S/C11H15BrN2O2/c1-7(2)9(11(15)16-3)14-10-8(12)5-4-6-13-10/h4-7,9H,1-3H3,(H,13,14). The van der Waals surface area contributed by atoms with E-state index in [-0.39, 0.29) is 11.9 Å². The third-order valence-electron chi connectivity index (χ3n) is 2.17. The molecule has 1 N–H and O–H groups in total. The van der Waals surface area contributed by atoms with Gasteiger partial charge in [0, 0.05) is 6.20 Å². The molecule has 0 radical (unpaired) electrons. The number of hydrogen-bond donors (Lipinski definition) is 1. The van der Waals surface area contributed by atoms with Crippen LogP contribution in [-0.2, 0) is 9.53 Å². The number of pyridine rings is 1. The van der Waals surface area contributed by atoms with Gasteiger partial charge in [-0.05, 0) is 34.0 Å². The number of nitrogens with one attached hydrogen (secondary N) is 1. The summed E-state index contributed by atoms with van der Waals surface area (Å²) >= 11 is 3.37. The number of esters is 1. The number of carbonyl (C=O) groups is 1. The van der Waals surface area contributed by atoms with Crippen LogP contribution in [0.3, 0.4) is 0 Å². The topological polar surface area (TPSA) is 51.2 Å². The van der Waals surface area contributed by atoms with Gasteiger partial charge in [0.05, 0.1) is 11.6 Å². The zero-order chi connectivity index (χ0) is 12.1. The highest BCUT2D eigenvalue weighted by Gasteiger charge is 2.23. The quantitative estimate of drug-likeness (QED) is 0.864. The molecule has 88 valence electrons. The predicted molar refractivity (Wildman–Crippen MR) is 66.2 cm³/mol. The van der Waals surface area contributed by atoms with Crippen molar-refractivity contribution < 1.29 is 9.53 Å². The number of nitrogens with zero attached hydrogens (tertiary/aromatic N) is 1. The van der Waals surface area contributed by atoms with Gasteiger partial charge in [0.25, 0.3) is 0 Å². The van der Waals surface area contributed by atoms with Crippen molar-refractivity contribution in [2.45, 2.75) is 19.9 Å². The summed E-state index contributed by atoms with van der Waals surface area (Å²) in [5.41, 5.74) is 0. The lowest BCUT2D eigenvalue weighted by Crippen LogP contribution is -2.35. The Balaban J connectivity index is 2.84. The molecule has 1 unspecified atom stereocenters. The normalized spacial score (nSPS) is 12.3. The van der Waals surface area contributed by atoms with Crippen molar-refractivity contribution in [3.63, 3.8) is 0 Å². The number of hydrogen-bond acceptors (Lipinski definition) is 4. The predicted octanol–water partition coefficient (Wildman–Crippen LogP) is 2.45. The van der Waals surface area contributed by atoms with Crippen molar-refractivity contribution in [3.05, 3.63) is 22.8 Å². The second-order valence-electron chi connectivity index (χ2n) is 3.72. The minimum atomic E-state index is -0.392. The summed E-state index contributed by atoms with van der Waals surface area (Å²) in [5, 5.41) is 3.06. The van der Waals surface area contributed by atoms with E-state index in [0.29, 0.717) is 5.82 Å². The van der Waals surface area contributed by atoms with Crippen molar-refractivity contribution in [1.29, 1.82) is 0 Å². The molecule has 0 aliphatic carbocycles. The van der Waals surface area contributed by atoms with E-state index in [1.54, 1.807) is 6.20 Å². The van der Waals surface area contributed by atoms with E-state index in [1.165, 1.54) is 7.11 Å². The molecule has 1 rings (SSSR count). The maximum absolute atomic E-state index is 11.5. The molecule has 0 aromatic carbocycles. The number of halogens is 1. The first-order valence-corrected chi connectivity index (χ1v) is 5.80. The Morgan fingerprint density at radius 1 is 1.56 bits per heavy atom. The summed E-state index contributed by atoms with van der Waals surface area (Å²) in [6.07, 6.45) is 1.67.